The lowest BCUT2D eigenvalue weighted by Crippen LogP contribution is -2.07. The van der Waals surface area contributed by atoms with Gasteiger partial charge in [-0.25, -0.2) is 0 Å². The minimum atomic E-state index is -0.431. The van der Waals surface area contributed by atoms with E-state index < -0.39 is 4.92 Å². The van der Waals surface area contributed by atoms with Gasteiger partial charge in [0.2, 0.25) is 0 Å². The zero-order chi connectivity index (χ0) is 12.3. The van der Waals surface area contributed by atoms with Gasteiger partial charge in [-0.2, -0.15) is 0 Å². The second-order valence-corrected chi connectivity index (χ2v) is 5.47. The molecular formula is C10H9N3O2S2. The van der Waals surface area contributed by atoms with E-state index in [1.54, 1.807) is 17.4 Å². The molecule has 17 heavy (non-hydrogen) atoms. The molecule has 7 heteroatoms. The molecule has 5 nitrogen and oxygen atoms in total. The molecule has 1 aromatic heterocycles. The topological polar surface area (TPSA) is 81.2 Å². The molecule has 2 rings (SSSR count). The predicted octanol–water partition coefficient (Wildman–Crippen LogP) is 3.09. The van der Waals surface area contributed by atoms with Gasteiger partial charge in [-0.3, -0.25) is 16.0 Å². The zero-order valence-electron chi connectivity index (χ0n) is 8.62. The molecule has 88 valence electrons. The molecule has 0 fully saturated rings. The molecule has 1 aromatic carbocycles. The third-order valence-electron chi connectivity index (χ3n) is 1.98. The molecule has 0 radical (unpaired) electrons. The Balaban J connectivity index is 2.33. The third-order valence-corrected chi connectivity index (χ3v) is 3.99. The molecule has 0 aliphatic rings. The van der Waals surface area contributed by atoms with E-state index in [9.17, 15) is 10.1 Å². The number of nitrogens with one attached hydrogen (secondary N) is 1. The lowest BCUT2D eigenvalue weighted by Gasteiger charge is -2.03. The summed E-state index contributed by atoms with van der Waals surface area (Å²) >= 11 is 3.06. The first-order chi connectivity index (χ1) is 8.19. The van der Waals surface area contributed by atoms with Crippen LogP contribution in [-0.4, -0.2) is 4.92 Å². The Morgan fingerprint density at radius 2 is 2.24 bits per heavy atom. The molecule has 0 unspecified atom stereocenters. The molecule has 0 aliphatic heterocycles. The maximum atomic E-state index is 10.8. The fraction of sp³-hybridized carbons (Fsp3) is 0. The molecule has 0 atom stereocenters. The first kappa shape index (κ1) is 11.9. The maximum absolute atomic E-state index is 10.8. The fourth-order valence-electron chi connectivity index (χ4n) is 1.27. The number of thiophene rings is 1. The number of hydrogen-bond acceptors (Lipinski definition) is 6. The van der Waals surface area contributed by atoms with Gasteiger partial charge >= 0.3 is 0 Å². The standard InChI is InChI=1S/C10H9N3O2S2/c11-12-7-4-8(13(14)15)6-9(5-7)17-10-2-1-3-16-10/h1-6,12H,11H2. The molecular weight excluding hydrogens is 258 g/mol. The lowest BCUT2D eigenvalue weighted by molar-refractivity contribution is -0.385. The molecule has 0 saturated carbocycles. The van der Waals surface area contributed by atoms with Crippen molar-refractivity contribution >= 4 is 34.5 Å². The summed E-state index contributed by atoms with van der Waals surface area (Å²) in [7, 11) is 0. The molecule has 0 saturated heterocycles. The number of nitrogen functional groups attached to an aromatic ring is 1. The van der Waals surface area contributed by atoms with Gasteiger partial charge in [-0.05, 0) is 17.5 Å². The largest absolute Gasteiger partial charge is 0.324 e. The number of benzene rings is 1. The molecule has 0 amide bonds. The summed E-state index contributed by atoms with van der Waals surface area (Å²) < 4.78 is 1.08. The van der Waals surface area contributed by atoms with Crippen LogP contribution in [-0.2, 0) is 0 Å². The Morgan fingerprint density at radius 1 is 1.41 bits per heavy atom. The van der Waals surface area contributed by atoms with E-state index in [0.29, 0.717) is 5.69 Å². The second kappa shape index (κ2) is 5.17. The predicted molar refractivity (Wildman–Crippen MR) is 69.3 cm³/mol. The zero-order valence-corrected chi connectivity index (χ0v) is 10.3. The van der Waals surface area contributed by atoms with Crippen LogP contribution in [0.4, 0.5) is 11.4 Å². The van der Waals surface area contributed by atoms with E-state index in [0.717, 1.165) is 9.10 Å². The minimum Gasteiger partial charge on any atom is -0.324 e. The van der Waals surface area contributed by atoms with Crippen LogP contribution < -0.4 is 11.3 Å². The van der Waals surface area contributed by atoms with Crippen molar-refractivity contribution in [1.82, 2.24) is 0 Å². The van der Waals surface area contributed by atoms with E-state index in [4.69, 9.17) is 5.84 Å². The molecule has 3 N–H and O–H groups in total. The number of nitrogens with zero attached hydrogens (tertiary/aromatic N) is 1. The number of nitrogens with two attached hydrogens (primary N) is 1. The van der Waals surface area contributed by atoms with Crippen LogP contribution >= 0.6 is 23.1 Å². The number of non-ortho nitro benzene ring substituents is 1. The SMILES string of the molecule is NNc1cc(Sc2cccs2)cc([N+](=O)[O-])c1. The van der Waals surface area contributed by atoms with Crippen LogP contribution in [0.1, 0.15) is 0 Å². The Hall–Kier alpha value is -1.57. The van der Waals surface area contributed by atoms with E-state index >= 15 is 0 Å². The lowest BCUT2D eigenvalue weighted by atomic mass is 10.3. The Labute approximate surface area is 106 Å². The second-order valence-electron chi connectivity index (χ2n) is 3.15. The molecule has 2 aromatic rings. The van der Waals surface area contributed by atoms with Gasteiger partial charge in [-0.15, -0.1) is 11.3 Å². The summed E-state index contributed by atoms with van der Waals surface area (Å²) in [5.74, 6) is 5.28. The van der Waals surface area contributed by atoms with Crippen molar-refractivity contribution in [2.24, 2.45) is 5.84 Å². The average Bonchev–Trinajstić information content (AvgIpc) is 2.81. The van der Waals surface area contributed by atoms with Crippen LogP contribution in [0.15, 0.2) is 44.8 Å². The summed E-state index contributed by atoms with van der Waals surface area (Å²) in [5.41, 5.74) is 2.98. The Bertz CT molecular complexity index is 528. The van der Waals surface area contributed by atoms with Gasteiger partial charge < -0.3 is 5.43 Å². The van der Waals surface area contributed by atoms with Crippen molar-refractivity contribution in [1.29, 1.82) is 0 Å². The van der Waals surface area contributed by atoms with Crippen molar-refractivity contribution in [3.63, 3.8) is 0 Å². The van der Waals surface area contributed by atoms with Gasteiger partial charge in [0.15, 0.2) is 0 Å². The number of hydrogen-bond donors (Lipinski definition) is 2. The summed E-state index contributed by atoms with van der Waals surface area (Å²) in [5, 5.41) is 12.7. The number of anilines is 1. The smallest absolute Gasteiger partial charge is 0.272 e. The Kier molecular flexibility index (Phi) is 3.62. The fourth-order valence-corrected chi connectivity index (χ4v) is 3.11. The normalized spacial score (nSPS) is 10.2. The number of nitro groups is 1. The van der Waals surface area contributed by atoms with Crippen LogP contribution in [0.3, 0.4) is 0 Å². The van der Waals surface area contributed by atoms with E-state index in [-0.39, 0.29) is 5.69 Å². The van der Waals surface area contributed by atoms with Crippen LogP contribution in [0.25, 0.3) is 0 Å². The summed E-state index contributed by atoms with van der Waals surface area (Å²) in [6, 6.07) is 8.61. The summed E-state index contributed by atoms with van der Waals surface area (Å²) in [6.45, 7) is 0. The maximum Gasteiger partial charge on any atom is 0.272 e. The minimum absolute atomic E-state index is 0.0273. The number of rotatable bonds is 4. The first-order valence-corrected chi connectivity index (χ1v) is 6.36. The van der Waals surface area contributed by atoms with E-state index in [2.05, 4.69) is 5.43 Å². The monoisotopic (exact) mass is 267 g/mol. The van der Waals surface area contributed by atoms with Crippen LogP contribution in [0.2, 0.25) is 0 Å². The highest BCUT2D eigenvalue weighted by Gasteiger charge is 2.10. The summed E-state index contributed by atoms with van der Waals surface area (Å²) in [4.78, 5) is 11.1. The third kappa shape index (κ3) is 2.96. The highest BCUT2D eigenvalue weighted by atomic mass is 32.2. The molecule has 0 spiro atoms. The van der Waals surface area contributed by atoms with Crippen molar-refractivity contribution in [2.75, 3.05) is 5.43 Å². The van der Waals surface area contributed by atoms with Crippen molar-refractivity contribution in [2.45, 2.75) is 9.10 Å². The Morgan fingerprint density at radius 3 is 2.82 bits per heavy atom. The molecule has 0 bridgehead atoms. The van der Waals surface area contributed by atoms with Gasteiger partial charge in [0.25, 0.3) is 5.69 Å². The van der Waals surface area contributed by atoms with E-state index in [1.807, 2.05) is 17.5 Å². The van der Waals surface area contributed by atoms with Gasteiger partial charge in [0.1, 0.15) is 0 Å². The van der Waals surface area contributed by atoms with Gasteiger partial charge in [0.05, 0.1) is 14.8 Å². The van der Waals surface area contributed by atoms with Gasteiger partial charge in [-0.1, -0.05) is 17.8 Å². The molecule has 0 aliphatic carbocycles. The van der Waals surface area contributed by atoms with Crippen LogP contribution in [0.5, 0.6) is 0 Å². The summed E-state index contributed by atoms with van der Waals surface area (Å²) in [6.07, 6.45) is 0. The average molecular weight is 267 g/mol. The van der Waals surface area contributed by atoms with Crippen molar-refractivity contribution < 1.29 is 4.92 Å². The highest BCUT2D eigenvalue weighted by Crippen LogP contribution is 2.34. The van der Waals surface area contributed by atoms with Gasteiger partial charge in [0, 0.05) is 17.0 Å². The van der Waals surface area contributed by atoms with E-state index in [1.165, 1.54) is 23.9 Å². The highest BCUT2D eigenvalue weighted by molar-refractivity contribution is 8.01. The van der Waals surface area contributed by atoms with Crippen molar-refractivity contribution in [3.05, 3.63) is 45.8 Å². The number of hydrazine groups is 1. The van der Waals surface area contributed by atoms with Crippen molar-refractivity contribution in [3.8, 4) is 0 Å². The number of nitro benzene ring substituents is 1. The quantitative estimate of drug-likeness (QED) is 0.505. The molecule has 1 heterocycles. The first-order valence-electron chi connectivity index (χ1n) is 4.66. The van der Waals surface area contributed by atoms with Crippen LogP contribution in [0, 0.1) is 10.1 Å².